The molecule has 0 N–H and O–H groups in total. The monoisotopic (exact) mass is 328 g/mol. The van der Waals surface area contributed by atoms with Gasteiger partial charge in [0.15, 0.2) is 0 Å². The first-order chi connectivity index (χ1) is 7.68. The van der Waals surface area contributed by atoms with E-state index >= 15 is 0 Å². The third-order valence-electron chi connectivity index (χ3n) is 2.09. The number of nitrogens with zero attached hydrogens (tertiary/aromatic N) is 4. The first-order valence-corrected chi connectivity index (χ1v) is 5.74. The predicted molar refractivity (Wildman–Crippen MR) is 67.1 cm³/mol. The van der Waals surface area contributed by atoms with Crippen LogP contribution in [0.1, 0.15) is 11.5 Å². The molecule has 2 aromatic rings. The van der Waals surface area contributed by atoms with Gasteiger partial charge in [-0.1, -0.05) is 0 Å². The van der Waals surface area contributed by atoms with Gasteiger partial charge >= 0.3 is 0 Å². The van der Waals surface area contributed by atoms with E-state index in [1.54, 1.807) is 18.5 Å². The molecule has 0 saturated heterocycles. The van der Waals surface area contributed by atoms with Crippen LogP contribution in [0.2, 0.25) is 0 Å². The summed E-state index contributed by atoms with van der Waals surface area (Å²) < 4.78 is 2.14. The minimum absolute atomic E-state index is 0.0550. The lowest BCUT2D eigenvalue weighted by molar-refractivity contribution is 0.688. The molecular formula is C10H9IN4O. The molecule has 0 aliphatic rings. The maximum Gasteiger partial charge on any atom is 0.267 e. The number of aryl methyl sites for hydroxylation is 1. The minimum Gasteiger partial charge on any atom is -0.291 e. The predicted octanol–water partition coefficient (Wildman–Crippen LogP) is 0.995. The highest BCUT2D eigenvalue weighted by molar-refractivity contribution is 14.1. The molecule has 0 radical (unpaired) electrons. The molecule has 0 amide bonds. The molecule has 16 heavy (non-hydrogen) atoms. The third kappa shape index (κ3) is 2.26. The van der Waals surface area contributed by atoms with Crippen molar-refractivity contribution < 1.29 is 0 Å². The van der Waals surface area contributed by atoms with Crippen LogP contribution in [-0.2, 0) is 6.54 Å². The maximum absolute atomic E-state index is 11.9. The molecular weight excluding hydrogens is 319 g/mol. The molecule has 0 bridgehead atoms. The summed E-state index contributed by atoms with van der Waals surface area (Å²) in [6.45, 7) is 2.16. The Morgan fingerprint density at radius 3 is 2.69 bits per heavy atom. The molecule has 0 aliphatic heterocycles. The Hall–Kier alpha value is -1.31. The molecule has 6 heteroatoms. The second-order valence-electron chi connectivity index (χ2n) is 3.24. The zero-order chi connectivity index (χ0) is 11.5. The Labute approximate surface area is 106 Å². The van der Waals surface area contributed by atoms with Crippen molar-refractivity contribution in [1.82, 2.24) is 19.5 Å². The van der Waals surface area contributed by atoms with Crippen LogP contribution in [0.15, 0.2) is 29.6 Å². The van der Waals surface area contributed by atoms with Gasteiger partial charge in [0.05, 0.1) is 22.1 Å². The standard InChI is InChI=1S/C10H9IN4O/c1-7-9(11)10(16)15(6-14-7)5-8-12-3-2-4-13-8/h2-4,6H,5H2,1H3. The van der Waals surface area contributed by atoms with Crippen LogP contribution in [0.25, 0.3) is 0 Å². The molecule has 0 spiro atoms. The van der Waals surface area contributed by atoms with Crippen LogP contribution in [-0.4, -0.2) is 19.5 Å². The molecule has 0 aliphatic carbocycles. The van der Waals surface area contributed by atoms with Crippen molar-refractivity contribution >= 4 is 22.6 Å². The van der Waals surface area contributed by atoms with E-state index in [1.165, 1.54) is 10.9 Å². The highest BCUT2D eigenvalue weighted by Crippen LogP contribution is 2.01. The molecule has 2 aromatic heterocycles. The average molecular weight is 328 g/mol. The molecule has 0 unspecified atom stereocenters. The second-order valence-corrected chi connectivity index (χ2v) is 4.32. The fourth-order valence-corrected chi connectivity index (χ4v) is 1.67. The second kappa shape index (κ2) is 4.69. The lowest BCUT2D eigenvalue weighted by Gasteiger charge is -2.05. The van der Waals surface area contributed by atoms with Crippen LogP contribution in [0, 0.1) is 10.5 Å². The first-order valence-electron chi connectivity index (χ1n) is 4.66. The van der Waals surface area contributed by atoms with Crippen molar-refractivity contribution in [2.45, 2.75) is 13.5 Å². The van der Waals surface area contributed by atoms with Crippen molar-refractivity contribution in [3.05, 3.63) is 50.2 Å². The molecule has 0 aromatic carbocycles. The van der Waals surface area contributed by atoms with E-state index in [0.29, 0.717) is 15.9 Å². The van der Waals surface area contributed by atoms with Crippen molar-refractivity contribution in [2.24, 2.45) is 0 Å². The van der Waals surface area contributed by atoms with Crippen LogP contribution >= 0.6 is 22.6 Å². The summed E-state index contributed by atoms with van der Waals surface area (Å²) in [4.78, 5) is 24.1. The van der Waals surface area contributed by atoms with Crippen molar-refractivity contribution in [3.8, 4) is 0 Å². The van der Waals surface area contributed by atoms with Gasteiger partial charge in [0.25, 0.3) is 5.56 Å². The van der Waals surface area contributed by atoms with Gasteiger partial charge < -0.3 is 0 Å². The van der Waals surface area contributed by atoms with Gasteiger partial charge in [0, 0.05) is 12.4 Å². The topological polar surface area (TPSA) is 60.7 Å². The summed E-state index contributed by atoms with van der Waals surface area (Å²) in [7, 11) is 0. The molecule has 0 atom stereocenters. The van der Waals surface area contributed by atoms with Gasteiger partial charge in [-0.15, -0.1) is 0 Å². The summed E-state index contributed by atoms with van der Waals surface area (Å²) in [6.07, 6.45) is 4.83. The zero-order valence-corrected chi connectivity index (χ0v) is 10.7. The Bertz CT molecular complexity index is 552. The molecule has 0 saturated carbocycles. The van der Waals surface area contributed by atoms with Crippen LogP contribution in [0.4, 0.5) is 0 Å². The SMILES string of the molecule is Cc1ncn(Cc2ncccn2)c(=O)c1I. The Morgan fingerprint density at radius 2 is 2.00 bits per heavy atom. The summed E-state index contributed by atoms with van der Waals surface area (Å²) in [5.41, 5.74) is 0.691. The van der Waals surface area contributed by atoms with Gasteiger partial charge in [0.2, 0.25) is 0 Å². The highest BCUT2D eigenvalue weighted by atomic mass is 127. The normalized spacial score (nSPS) is 10.4. The van der Waals surface area contributed by atoms with E-state index in [2.05, 4.69) is 15.0 Å². The summed E-state index contributed by atoms with van der Waals surface area (Å²) >= 11 is 2.00. The first kappa shape index (κ1) is 11.2. The van der Waals surface area contributed by atoms with E-state index in [1.807, 2.05) is 29.5 Å². The molecule has 2 heterocycles. The fourth-order valence-electron chi connectivity index (χ4n) is 1.22. The fraction of sp³-hybridized carbons (Fsp3) is 0.200. The maximum atomic E-state index is 11.9. The largest absolute Gasteiger partial charge is 0.291 e. The average Bonchev–Trinajstić information content (AvgIpc) is 2.31. The molecule has 5 nitrogen and oxygen atoms in total. The third-order valence-corrected chi connectivity index (χ3v) is 3.33. The number of rotatable bonds is 2. The van der Waals surface area contributed by atoms with E-state index in [-0.39, 0.29) is 5.56 Å². The van der Waals surface area contributed by atoms with Crippen LogP contribution in [0.5, 0.6) is 0 Å². The molecule has 0 fully saturated rings. The number of hydrogen-bond acceptors (Lipinski definition) is 4. The van der Waals surface area contributed by atoms with Crippen LogP contribution in [0.3, 0.4) is 0 Å². The quantitative estimate of drug-likeness (QED) is 0.772. The Morgan fingerprint density at radius 1 is 1.31 bits per heavy atom. The van der Waals surface area contributed by atoms with Crippen LogP contribution < -0.4 is 5.56 Å². The van der Waals surface area contributed by atoms with Gasteiger partial charge in [-0.3, -0.25) is 9.36 Å². The van der Waals surface area contributed by atoms with Gasteiger partial charge in [-0.25, -0.2) is 15.0 Å². The Kier molecular flexibility index (Phi) is 3.28. The lowest BCUT2D eigenvalue weighted by atomic mass is 10.4. The van der Waals surface area contributed by atoms with Gasteiger partial charge in [0.1, 0.15) is 5.82 Å². The molecule has 82 valence electrons. The smallest absolute Gasteiger partial charge is 0.267 e. The number of hydrogen-bond donors (Lipinski definition) is 0. The van der Waals surface area contributed by atoms with Crippen molar-refractivity contribution in [2.75, 3.05) is 0 Å². The zero-order valence-electron chi connectivity index (χ0n) is 8.59. The van der Waals surface area contributed by atoms with Gasteiger partial charge in [-0.2, -0.15) is 0 Å². The van der Waals surface area contributed by atoms with E-state index < -0.39 is 0 Å². The Balaban J connectivity index is 2.37. The number of halogens is 1. The highest BCUT2D eigenvalue weighted by Gasteiger charge is 2.06. The molecule has 2 rings (SSSR count). The van der Waals surface area contributed by atoms with E-state index in [0.717, 1.165) is 5.69 Å². The lowest BCUT2D eigenvalue weighted by Crippen LogP contribution is -2.25. The van der Waals surface area contributed by atoms with E-state index in [4.69, 9.17) is 0 Å². The minimum atomic E-state index is -0.0550. The summed E-state index contributed by atoms with van der Waals surface area (Å²) in [6, 6.07) is 1.74. The summed E-state index contributed by atoms with van der Waals surface area (Å²) in [5.74, 6) is 0.603. The van der Waals surface area contributed by atoms with E-state index in [9.17, 15) is 4.79 Å². The number of aromatic nitrogens is 4. The van der Waals surface area contributed by atoms with Crippen molar-refractivity contribution in [3.63, 3.8) is 0 Å². The van der Waals surface area contributed by atoms with Crippen molar-refractivity contribution in [1.29, 1.82) is 0 Å². The summed E-state index contributed by atoms with van der Waals surface area (Å²) in [5, 5.41) is 0. The van der Waals surface area contributed by atoms with Gasteiger partial charge in [-0.05, 0) is 35.6 Å².